The first-order chi connectivity index (χ1) is 9.02. The van der Waals surface area contributed by atoms with Gasteiger partial charge in [0.1, 0.15) is 0 Å². The summed E-state index contributed by atoms with van der Waals surface area (Å²) in [6.45, 7) is 6.20. The van der Waals surface area contributed by atoms with E-state index in [0.717, 1.165) is 11.3 Å². The van der Waals surface area contributed by atoms with Crippen LogP contribution >= 0.6 is 11.8 Å². The Morgan fingerprint density at radius 2 is 2.16 bits per heavy atom. The van der Waals surface area contributed by atoms with Gasteiger partial charge in [-0.1, -0.05) is 26.0 Å². The first kappa shape index (κ1) is 15.6. The molecule has 0 aliphatic rings. The third kappa shape index (κ3) is 5.80. The van der Waals surface area contributed by atoms with E-state index in [4.69, 9.17) is 5.26 Å². The van der Waals surface area contributed by atoms with Crippen LogP contribution in [0.15, 0.2) is 24.3 Å². The van der Waals surface area contributed by atoms with Crippen LogP contribution in [0.2, 0.25) is 0 Å². The summed E-state index contributed by atoms with van der Waals surface area (Å²) < 4.78 is 0. The summed E-state index contributed by atoms with van der Waals surface area (Å²) in [5.74, 6) is 1.72. The van der Waals surface area contributed by atoms with Gasteiger partial charge < -0.3 is 5.32 Å². The molecule has 0 aliphatic carbocycles. The number of nitrogens with zero attached hydrogens (tertiary/aromatic N) is 1. The molecule has 1 aromatic rings. The fraction of sp³-hybridized carbons (Fsp3) is 0.467. The molecule has 19 heavy (non-hydrogen) atoms. The lowest BCUT2D eigenvalue weighted by atomic mass is 10.1. The minimum absolute atomic E-state index is 0.0719. The van der Waals surface area contributed by atoms with Crippen molar-refractivity contribution in [2.75, 3.05) is 5.75 Å². The zero-order valence-corrected chi connectivity index (χ0v) is 12.5. The molecule has 0 unspecified atom stereocenters. The molecule has 102 valence electrons. The van der Waals surface area contributed by atoms with Gasteiger partial charge in [0, 0.05) is 11.8 Å². The number of hydrogen-bond donors (Lipinski definition) is 1. The van der Waals surface area contributed by atoms with Gasteiger partial charge in [0.05, 0.1) is 17.4 Å². The zero-order valence-electron chi connectivity index (χ0n) is 11.6. The largest absolute Gasteiger partial charge is 0.353 e. The molecule has 0 fully saturated rings. The number of rotatable bonds is 6. The number of nitrogens with one attached hydrogen (secondary N) is 1. The summed E-state index contributed by atoms with van der Waals surface area (Å²) in [5, 5.41) is 11.8. The topological polar surface area (TPSA) is 52.9 Å². The van der Waals surface area contributed by atoms with Crippen molar-refractivity contribution in [2.45, 2.75) is 32.6 Å². The van der Waals surface area contributed by atoms with Crippen molar-refractivity contribution >= 4 is 17.7 Å². The molecule has 0 heterocycles. The summed E-state index contributed by atoms with van der Waals surface area (Å²) in [4.78, 5) is 11.7. The van der Waals surface area contributed by atoms with Gasteiger partial charge in [-0.2, -0.15) is 5.26 Å². The van der Waals surface area contributed by atoms with Gasteiger partial charge in [-0.05, 0) is 30.5 Å². The summed E-state index contributed by atoms with van der Waals surface area (Å²) in [6.07, 6.45) is 0. The van der Waals surface area contributed by atoms with Gasteiger partial charge >= 0.3 is 0 Å². The van der Waals surface area contributed by atoms with Crippen LogP contribution in [0.4, 0.5) is 0 Å². The number of hydrogen-bond acceptors (Lipinski definition) is 3. The molecular weight excluding hydrogens is 256 g/mol. The lowest BCUT2D eigenvalue weighted by Gasteiger charge is -2.17. The highest BCUT2D eigenvalue weighted by molar-refractivity contribution is 7.99. The van der Waals surface area contributed by atoms with Crippen molar-refractivity contribution < 1.29 is 4.79 Å². The second kappa shape index (κ2) is 7.85. The smallest absolute Gasteiger partial charge is 0.230 e. The van der Waals surface area contributed by atoms with Crippen molar-refractivity contribution in [3.8, 4) is 6.07 Å². The average molecular weight is 276 g/mol. The molecule has 1 N–H and O–H groups in total. The van der Waals surface area contributed by atoms with E-state index < -0.39 is 0 Å². The Balaban J connectivity index is 2.34. The molecule has 3 nitrogen and oxygen atoms in total. The number of carbonyl (C=O) groups is 1. The first-order valence-corrected chi connectivity index (χ1v) is 7.54. The standard InChI is InChI=1S/C15H20N2OS/c1-11(2)12(3)17-15(18)10-19-9-14-6-4-5-13(7-14)8-16/h4-7,11-12H,9-10H2,1-3H3,(H,17,18)/t12-/m1/s1. The van der Waals surface area contributed by atoms with Gasteiger partial charge in [-0.3, -0.25) is 4.79 Å². The minimum Gasteiger partial charge on any atom is -0.353 e. The first-order valence-electron chi connectivity index (χ1n) is 6.39. The Bertz CT molecular complexity index is 465. The minimum atomic E-state index is 0.0719. The van der Waals surface area contributed by atoms with Crippen molar-refractivity contribution in [2.24, 2.45) is 5.92 Å². The quantitative estimate of drug-likeness (QED) is 0.869. The summed E-state index contributed by atoms with van der Waals surface area (Å²) >= 11 is 1.57. The van der Waals surface area contributed by atoms with Crippen molar-refractivity contribution in [3.63, 3.8) is 0 Å². The summed E-state index contributed by atoms with van der Waals surface area (Å²) in [5.41, 5.74) is 1.74. The lowest BCUT2D eigenvalue weighted by molar-refractivity contribution is -0.119. The number of thioether (sulfide) groups is 1. The molecule has 0 aliphatic heterocycles. The predicted octanol–water partition coefficient (Wildman–Crippen LogP) is 2.95. The predicted molar refractivity (Wildman–Crippen MR) is 79.8 cm³/mol. The lowest BCUT2D eigenvalue weighted by Crippen LogP contribution is -2.37. The Hall–Kier alpha value is -1.47. The van der Waals surface area contributed by atoms with E-state index in [9.17, 15) is 4.79 Å². The van der Waals surface area contributed by atoms with Crippen molar-refractivity contribution in [1.29, 1.82) is 5.26 Å². The van der Waals surface area contributed by atoms with E-state index in [1.165, 1.54) is 0 Å². The Kier molecular flexibility index (Phi) is 6.44. The van der Waals surface area contributed by atoms with Crippen LogP contribution in [-0.2, 0) is 10.5 Å². The van der Waals surface area contributed by atoms with Crippen LogP contribution in [0, 0.1) is 17.2 Å². The second-order valence-electron chi connectivity index (χ2n) is 4.91. The fourth-order valence-electron chi connectivity index (χ4n) is 1.45. The molecule has 0 spiro atoms. The molecule has 1 aromatic carbocycles. The second-order valence-corrected chi connectivity index (χ2v) is 5.89. The van der Waals surface area contributed by atoms with Crippen molar-refractivity contribution in [1.82, 2.24) is 5.32 Å². The average Bonchev–Trinajstić information content (AvgIpc) is 2.38. The van der Waals surface area contributed by atoms with Crippen LogP contribution < -0.4 is 5.32 Å². The maximum Gasteiger partial charge on any atom is 0.230 e. The highest BCUT2D eigenvalue weighted by Crippen LogP contribution is 2.13. The molecule has 1 atom stereocenters. The SMILES string of the molecule is CC(C)[C@@H](C)NC(=O)CSCc1cccc(C#N)c1. The molecule has 1 rings (SSSR count). The fourth-order valence-corrected chi connectivity index (χ4v) is 2.24. The third-order valence-corrected chi connectivity index (χ3v) is 3.95. The molecule has 0 aromatic heterocycles. The molecule has 0 saturated carbocycles. The Labute approximate surface area is 119 Å². The molecule has 0 radical (unpaired) electrons. The maximum absolute atomic E-state index is 11.7. The summed E-state index contributed by atoms with van der Waals surface area (Å²) in [7, 11) is 0. The summed E-state index contributed by atoms with van der Waals surface area (Å²) in [6, 6.07) is 9.81. The van der Waals surface area contributed by atoms with Crippen LogP contribution in [0.1, 0.15) is 31.9 Å². The normalized spacial score (nSPS) is 11.9. The molecule has 4 heteroatoms. The van der Waals surface area contributed by atoms with E-state index in [0.29, 0.717) is 17.2 Å². The molecule has 0 bridgehead atoms. The molecule has 1 amide bonds. The van der Waals surface area contributed by atoms with Crippen LogP contribution in [0.25, 0.3) is 0 Å². The van der Waals surface area contributed by atoms with Crippen LogP contribution in [0.3, 0.4) is 0 Å². The maximum atomic E-state index is 11.7. The number of nitriles is 1. The number of benzene rings is 1. The van der Waals surface area contributed by atoms with Crippen LogP contribution in [-0.4, -0.2) is 17.7 Å². The van der Waals surface area contributed by atoms with E-state index in [1.807, 2.05) is 25.1 Å². The van der Waals surface area contributed by atoms with Gasteiger partial charge in [-0.15, -0.1) is 11.8 Å². The van der Waals surface area contributed by atoms with E-state index in [1.54, 1.807) is 17.8 Å². The van der Waals surface area contributed by atoms with E-state index >= 15 is 0 Å². The van der Waals surface area contributed by atoms with Crippen molar-refractivity contribution in [3.05, 3.63) is 35.4 Å². The number of amides is 1. The van der Waals surface area contributed by atoms with Crippen LogP contribution in [0.5, 0.6) is 0 Å². The van der Waals surface area contributed by atoms with Gasteiger partial charge in [0.25, 0.3) is 0 Å². The molecular formula is C15H20N2OS. The van der Waals surface area contributed by atoms with Gasteiger partial charge in [0.15, 0.2) is 0 Å². The van der Waals surface area contributed by atoms with E-state index in [2.05, 4.69) is 25.2 Å². The molecule has 0 saturated heterocycles. The van der Waals surface area contributed by atoms with E-state index in [-0.39, 0.29) is 11.9 Å². The zero-order chi connectivity index (χ0) is 14.3. The van der Waals surface area contributed by atoms with Gasteiger partial charge in [-0.25, -0.2) is 0 Å². The monoisotopic (exact) mass is 276 g/mol. The Morgan fingerprint density at radius 3 is 2.79 bits per heavy atom. The highest BCUT2D eigenvalue weighted by Gasteiger charge is 2.10. The highest BCUT2D eigenvalue weighted by atomic mass is 32.2. The van der Waals surface area contributed by atoms with Gasteiger partial charge in [0.2, 0.25) is 5.91 Å². The third-order valence-electron chi connectivity index (χ3n) is 2.95. The number of carbonyl (C=O) groups excluding carboxylic acids is 1. The Morgan fingerprint density at radius 1 is 1.42 bits per heavy atom.